The first-order chi connectivity index (χ1) is 9.65. The number of nitrogens with zero attached hydrogens (tertiary/aromatic N) is 1. The molecule has 0 aliphatic rings. The maximum Gasteiger partial charge on any atom is 0.234 e. The molecule has 1 heterocycles. The largest absolute Gasteiger partial charge is 0.324 e. The van der Waals surface area contributed by atoms with E-state index in [0.717, 1.165) is 27.2 Å². The number of aryl methyl sites for hydroxylation is 1. The molecule has 20 heavy (non-hydrogen) atoms. The highest BCUT2D eigenvalue weighted by Gasteiger charge is 2.06. The Hall–Kier alpha value is -1.33. The average Bonchev–Trinajstić information content (AvgIpc) is 2.43. The third-order valence-electron chi connectivity index (χ3n) is 2.61. The third-order valence-corrected chi connectivity index (χ3v) is 4.23. The van der Waals surface area contributed by atoms with E-state index in [2.05, 4.69) is 26.2 Å². The fourth-order valence-corrected chi connectivity index (χ4v) is 2.97. The van der Waals surface area contributed by atoms with E-state index in [9.17, 15) is 4.79 Å². The van der Waals surface area contributed by atoms with E-state index < -0.39 is 0 Å². The van der Waals surface area contributed by atoms with Crippen molar-refractivity contribution in [2.24, 2.45) is 0 Å². The molecule has 5 heteroatoms. The summed E-state index contributed by atoms with van der Waals surface area (Å²) in [7, 11) is 0. The zero-order valence-corrected chi connectivity index (χ0v) is 13.5. The quantitative estimate of drug-likeness (QED) is 0.885. The number of pyridine rings is 1. The van der Waals surface area contributed by atoms with Crippen LogP contribution in [0.1, 0.15) is 11.3 Å². The van der Waals surface area contributed by atoms with Gasteiger partial charge in [0.1, 0.15) is 0 Å². The Morgan fingerprint density at radius 2 is 2.20 bits per heavy atom. The lowest BCUT2D eigenvalue weighted by Crippen LogP contribution is -2.14. The van der Waals surface area contributed by atoms with Crippen LogP contribution in [0.3, 0.4) is 0 Å². The predicted molar refractivity (Wildman–Crippen MR) is 87.9 cm³/mol. The van der Waals surface area contributed by atoms with Crippen molar-refractivity contribution in [2.75, 3.05) is 11.1 Å². The van der Waals surface area contributed by atoms with Crippen molar-refractivity contribution in [2.45, 2.75) is 12.7 Å². The van der Waals surface area contributed by atoms with Gasteiger partial charge in [0.05, 0.1) is 17.1 Å². The molecule has 0 saturated heterocycles. The van der Waals surface area contributed by atoms with Gasteiger partial charge in [0.2, 0.25) is 5.91 Å². The molecule has 1 aromatic heterocycles. The number of amides is 1. The Morgan fingerprint density at radius 3 is 2.90 bits per heavy atom. The minimum atomic E-state index is -0.00418. The number of hydrogen-bond acceptors (Lipinski definition) is 3. The first-order valence-electron chi connectivity index (χ1n) is 6.19. The standard InChI is InChI=1S/C15H15BrN2OS/c1-11-5-6-14(13(16)8-11)18-15(19)10-20-9-12-4-2-3-7-17-12/h2-8H,9-10H2,1H3,(H,18,19). The van der Waals surface area contributed by atoms with Crippen LogP contribution < -0.4 is 5.32 Å². The van der Waals surface area contributed by atoms with Gasteiger partial charge < -0.3 is 5.32 Å². The topological polar surface area (TPSA) is 42.0 Å². The van der Waals surface area contributed by atoms with E-state index in [4.69, 9.17) is 0 Å². The molecule has 1 amide bonds. The Labute approximate surface area is 131 Å². The minimum absolute atomic E-state index is 0.00418. The normalized spacial score (nSPS) is 10.3. The molecule has 0 aliphatic carbocycles. The minimum Gasteiger partial charge on any atom is -0.324 e. The van der Waals surface area contributed by atoms with Gasteiger partial charge in [-0.05, 0) is 52.7 Å². The smallest absolute Gasteiger partial charge is 0.234 e. The highest BCUT2D eigenvalue weighted by Crippen LogP contribution is 2.23. The summed E-state index contributed by atoms with van der Waals surface area (Å²) in [6.45, 7) is 2.01. The average molecular weight is 351 g/mol. The Morgan fingerprint density at radius 1 is 1.35 bits per heavy atom. The molecule has 2 aromatic rings. The summed E-state index contributed by atoms with van der Waals surface area (Å²) in [6, 6.07) is 11.7. The van der Waals surface area contributed by atoms with Gasteiger partial charge in [-0.2, -0.15) is 0 Å². The number of carbonyl (C=O) groups is 1. The molecule has 0 unspecified atom stereocenters. The van der Waals surface area contributed by atoms with Crippen molar-refractivity contribution < 1.29 is 4.79 Å². The highest BCUT2D eigenvalue weighted by atomic mass is 79.9. The molecule has 0 fully saturated rings. The summed E-state index contributed by atoms with van der Waals surface area (Å²) >= 11 is 5.00. The maximum atomic E-state index is 11.9. The number of halogens is 1. The van der Waals surface area contributed by atoms with E-state index in [-0.39, 0.29) is 5.91 Å². The molecule has 0 spiro atoms. The number of nitrogens with one attached hydrogen (secondary N) is 1. The number of benzene rings is 1. The summed E-state index contributed by atoms with van der Waals surface area (Å²) in [5.74, 6) is 1.15. The van der Waals surface area contributed by atoms with Gasteiger partial charge in [-0.25, -0.2) is 0 Å². The monoisotopic (exact) mass is 350 g/mol. The molecular formula is C15H15BrN2OS. The van der Waals surface area contributed by atoms with Gasteiger partial charge in [0.15, 0.2) is 0 Å². The van der Waals surface area contributed by atoms with Crippen LogP contribution in [0.2, 0.25) is 0 Å². The molecule has 1 aromatic carbocycles. The Bertz CT molecular complexity index is 590. The van der Waals surface area contributed by atoms with E-state index in [1.54, 1.807) is 18.0 Å². The number of aromatic nitrogens is 1. The van der Waals surface area contributed by atoms with Gasteiger partial charge >= 0.3 is 0 Å². The SMILES string of the molecule is Cc1ccc(NC(=O)CSCc2ccccn2)c(Br)c1. The van der Waals surface area contributed by atoms with Crippen molar-refractivity contribution in [3.05, 3.63) is 58.3 Å². The molecule has 2 rings (SSSR count). The molecule has 0 aliphatic heterocycles. The zero-order valence-electron chi connectivity index (χ0n) is 11.1. The number of carbonyl (C=O) groups excluding carboxylic acids is 1. The molecule has 0 saturated carbocycles. The van der Waals surface area contributed by atoms with Crippen molar-refractivity contribution in [1.82, 2.24) is 4.98 Å². The zero-order chi connectivity index (χ0) is 14.4. The first-order valence-corrected chi connectivity index (χ1v) is 8.13. The van der Waals surface area contributed by atoms with Crippen LogP contribution in [-0.4, -0.2) is 16.6 Å². The Balaban J connectivity index is 1.81. The lowest BCUT2D eigenvalue weighted by Gasteiger charge is -2.08. The van der Waals surface area contributed by atoms with Gasteiger partial charge in [-0.15, -0.1) is 11.8 Å². The second-order valence-electron chi connectivity index (χ2n) is 4.35. The first kappa shape index (κ1) is 15.1. The summed E-state index contributed by atoms with van der Waals surface area (Å²) in [5, 5.41) is 2.90. The van der Waals surface area contributed by atoms with E-state index >= 15 is 0 Å². The lowest BCUT2D eigenvalue weighted by molar-refractivity contribution is -0.113. The highest BCUT2D eigenvalue weighted by molar-refractivity contribution is 9.10. The van der Waals surface area contributed by atoms with Crippen LogP contribution in [0, 0.1) is 6.92 Å². The molecule has 3 nitrogen and oxygen atoms in total. The fourth-order valence-electron chi connectivity index (χ4n) is 1.64. The summed E-state index contributed by atoms with van der Waals surface area (Å²) in [4.78, 5) is 16.1. The van der Waals surface area contributed by atoms with Crippen molar-refractivity contribution in [3.8, 4) is 0 Å². The van der Waals surface area contributed by atoms with E-state index in [0.29, 0.717) is 5.75 Å². The van der Waals surface area contributed by atoms with Gasteiger partial charge in [0.25, 0.3) is 0 Å². The number of anilines is 1. The molecule has 0 radical (unpaired) electrons. The van der Waals surface area contributed by atoms with Crippen LogP contribution in [0.15, 0.2) is 47.1 Å². The molecular weight excluding hydrogens is 336 g/mol. The van der Waals surface area contributed by atoms with E-state index in [1.807, 2.05) is 43.3 Å². The summed E-state index contributed by atoms with van der Waals surface area (Å²) in [5.41, 5.74) is 2.94. The van der Waals surface area contributed by atoms with Crippen molar-refractivity contribution in [3.63, 3.8) is 0 Å². The molecule has 1 N–H and O–H groups in total. The third kappa shape index (κ3) is 4.65. The van der Waals surface area contributed by atoms with Crippen LogP contribution in [0.5, 0.6) is 0 Å². The molecule has 0 atom stereocenters. The van der Waals surface area contributed by atoms with Gasteiger partial charge in [-0.1, -0.05) is 12.1 Å². The maximum absolute atomic E-state index is 11.9. The molecule has 104 valence electrons. The van der Waals surface area contributed by atoms with Crippen LogP contribution in [0.4, 0.5) is 5.69 Å². The predicted octanol–water partition coefficient (Wildman–Crippen LogP) is 4.02. The lowest BCUT2D eigenvalue weighted by atomic mass is 10.2. The number of thioether (sulfide) groups is 1. The van der Waals surface area contributed by atoms with Crippen molar-refractivity contribution >= 4 is 39.3 Å². The van der Waals surface area contributed by atoms with Crippen LogP contribution in [-0.2, 0) is 10.5 Å². The van der Waals surface area contributed by atoms with Gasteiger partial charge in [0, 0.05) is 16.4 Å². The second-order valence-corrected chi connectivity index (χ2v) is 6.19. The molecule has 0 bridgehead atoms. The summed E-state index contributed by atoms with van der Waals surface area (Å²) in [6.07, 6.45) is 1.76. The second kappa shape index (κ2) is 7.45. The number of rotatable bonds is 5. The van der Waals surface area contributed by atoms with Crippen LogP contribution in [0.25, 0.3) is 0 Å². The van der Waals surface area contributed by atoms with Gasteiger partial charge in [-0.3, -0.25) is 9.78 Å². The Kier molecular flexibility index (Phi) is 5.61. The van der Waals surface area contributed by atoms with Crippen molar-refractivity contribution in [1.29, 1.82) is 0 Å². The summed E-state index contributed by atoms with van der Waals surface area (Å²) < 4.78 is 0.903. The number of hydrogen-bond donors (Lipinski definition) is 1. The fraction of sp³-hybridized carbons (Fsp3) is 0.200. The van der Waals surface area contributed by atoms with Crippen LogP contribution >= 0.6 is 27.7 Å². The van der Waals surface area contributed by atoms with E-state index in [1.165, 1.54) is 0 Å².